The molecule has 7 rings (SSSR count). The molecule has 5 aliphatic rings. The van der Waals surface area contributed by atoms with Crippen molar-refractivity contribution in [1.82, 2.24) is 9.80 Å². The number of benzene rings is 2. The molecule has 0 unspecified atom stereocenters. The fraction of sp³-hybridized carbons (Fsp3) is 0.690. The van der Waals surface area contributed by atoms with E-state index in [9.17, 15) is 9.59 Å². The topological polar surface area (TPSA) is 96.0 Å². The summed E-state index contributed by atoms with van der Waals surface area (Å²) in [4.78, 5) is 27.8. The summed E-state index contributed by atoms with van der Waals surface area (Å²) in [5.41, 5.74) is 2.87. The lowest BCUT2D eigenvalue weighted by atomic mass is 9.72. The predicted octanol–water partition coefficient (Wildman–Crippen LogP) is 15.3. The van der Waals surface area contributed by atoms with Crippen LogP contribution < -0.4 is 9.47 Å². The summed E-state index contributed by atoms with van der Waals surface area (Å²) < 4.78 is 36.4. The van der Waals surface area contributed by atoms with Crippen molar-refractivity contribution in [3.05, 3.63) is 76.2 Å². The smallest absolute Gasteiger partial charge is 0.490 e. The zero-order valence-electron chi connectivity index (χ0n) is 46.1. The lowest BCUT2D eigenvalue weighted by Gasteiger charge is -2.37. The van der Waals surface area contributed by atoms with E-state index < -0.39 is 11.2 Å². The first-order valence-electron chi connectivity index (χ1n) is 26.3. The molecule has 2 saturated carbocycles. The van der Waals surface area contributed by atoms with Gasteiger partial charge >= 0.3 is 19.3 Å². The molecule has 3 fully saturated rings. The van der Waals surface area contributed by atoms with E-state index >= 15 is 0 Å². The number of hydrogen-bond donors (Lipinski definition) is 0. The number of carbonyl (C=O) groups is 2. The van der Waals surface area contributed by atoms with E-state index in [4.69, 9.17) is 28.3 Å². The van der Waals surface area contributed by atoms with E-state index in [1.165, 1.54) is 49.7 Å². The molecule has 0 atom stereocenters. The standard InChI is InChI=1S/C26H39NO3.C16H28BNO4.C16H23BrO/c1-25(2,3)21-9-13-23(14-10-21)29-22-11-7-19(8-12-22)20-15-17-27(18-16-20)24(28)30-26(4,5)6;1-14(2,3)20-13(19)18-10-8-12(9-11-18)17-21-15(4,5)16(6,7)22-17;1-16(2,3)12-4-8-14(9-5-12)18-15-10-6-13(17)7-11-15/h7-8,11-12,15,21,23H,9-10,13-14,16-18H2,1-6H3;8H,9-11H2,1-7H3;6-7,10-12,14H,4-5,8-9H2,1-3H3. The number of ether oxygens (including phenoxy) is 4. The molecule has 0 spiro atoms. The Morgan fingerprint density at radius 2 is 0.957 bits per heavy atom. The summed E-state index contributed by atoms with van der Waals surface area (Å²) in [6.45, 7) is 36.1. The fourth-order valence-electron chi connectivity index (χ4n) is 9.55. The Kier molecular flexibility index (Phi) is 19.4. The van der Waals surface area contributed by atoms with Gasteiger partial charge in [-0.15, -0.1) is 0 Å². The van der Waals surface area contributed by atoms with Crippen LogP contribution in [0, 0.1) is 22.7 Å². The van der Waals surface area contributed by atoms with Crippen molar-refractivity contribution in [1.29, 1.82) is 0 Å². The van der Waals surface area contributed by atoms with Crippen LogP contribution >= 0.6 is 15.9 Å². The SMILES string of the molecule is CC(C)(C)C1CCC(Oc2ccc(Br)cc2)CC1.CC(C)(C)OC(=O)N1CC=C(B2OC(C)(C)C(C)(C)O2)CC1.CC(C)(C)OC(=O)N1CC=C(c2ccc(OC3CCC(C(C)(C)C)CC3)cc2)CC1. The highest BCUT2D eigenvalue weighted by atomic mass is 79.9. The van der Waals surface area contributed by atoms with Crippen LogP contribution in [0.15, 0.2) is 70.6 Å². The van der Waals surface area contributed by atoms with Gasteiger partial charge in [0.1, 0.15) is 22.7 Å². The normalized spacial score (nSPS) is 23.9. The Labute approximate surface area is 432 Å². The average Bonchev–Trinajstić information content (AvgIpc) is 3.49. The predicted molar refractivity (Wildman–Crippen MR) is 289 cm³/mol. The van der Waals surface area contributed by atoms with Crippen molar-refractivity contribution in [2.75, 3.05) is 26.2 Å². The van der Waals surface area contributed by atoms with Crippen molar-refractivity contribution in [3.63, 3.8) is 0 Å². The van der Waals surface area contributed by atoms with Crippen molar-refractivity contribution < 1.29 is 37.8 Å². The number of carbonyl (C=O) groups excluding carboxylic acids is 2. The summed E-state index contributed by atoms with van der Waals surface area (Å²) in [7, 11) is -0.314. The highest BCUT2D eigenvalue weighted by Crippen LogP contribution is 2.42. The van der Waals surface area contributed by atoms with Gasteiger partial charge in [0, 0.05) is 30.7 Å². The Balaban J connectivity index is 0.000000203. The van der Waals surface area contributed by atoms with E-state index in [0.29, 0.717) is 49.2 Å². The molecule has 0 radical (unpaired) electrons. The van der Waals surface area contributed by atoms with Crippen LogP contribution in [0.2, 0.25) is 0 Å². The number of nitrogens with zero attached hydrogens (tertiary/aromatic N) is 2. The van der Waals surface area contributed by atoms with Gasteiger partial charge in [-0.3, -0.25) is 0 Å². The first-order valence-corrected chi connectivity index (χ1v) is 27.1. The third kappa shape index (κ3) is 17.6. The molecular formula is C58H90BBrN2O8. The molecule has 0 bridgehead atoms. The molecule has 0 N–H and O–H groups in total. The third-order valence-corrected chi connectivity index (χ3v) is 15.3. The molecule has 1 saturated heterocycles. The van der Waals surface area contributed by atoms with E-state index in [0.717, 1.165) is 59.0 Å². The Morgan fingerprint density at radius 3 is 1.30 bits per heavy atom. The van der Waals surface area contributed by atoms with Gasteiger partial charge in [0.2, 0.25) is 0 Å². The maximum atomic E-state index is 12.2. The van der Waals surface area contributed by atoms with Crippen LogP contribution in [0.1, 0.15) is 181 Å². The van der Waals surface area contributed by atoms with Crippen LogP contribution in [0.4, 0.5) is 9.59 Å². The van der Waals surface area contributed by atoms with Gasteiger partial charge in [-0.1, -0.05) is 81.8 Å². The van der Waals surface area contributed by atoms with E-state index in [2.05, 4.69) is 87.8 Å². The molecule has 12 heteroatoms. The quantitative estimate of drug-likeness (QED) is 0.264. The summed E-state index contributed by atoms with van der Waals surface area (Å²) in [5, 5.41) is 0. The van der Waals surface area contributed by atoms with Crippen LogP contribution in [-0.2, 0) is 18.8 Å². The second kappa shape index (κ2) is 23.6. The molecule has 70 heavy (non-hydrogen) atoms. The number of halogens is 1. The van der Waals surface area contributed by atoms with Crippen LogP contribution in [0.5, 0.6) is 11.5 Å². The highest BCUT2D eigenvalue weighted by Gasteiger charge is 2.52. The molecular weight excluding hydrogens is 943 g/mol. The van der Waals surface area contributed by atoms with Crippen LogP contribution in [-0.4, -0.2) is 89.9 Å². The Morgan fingerprint density at radius 1 is 0.571 bits per heavy atom. The second-order valence-electron chi connectivity index (χ2n) is 25.3. The zero-order valence-corrected chi connectivity index (χ0v) is 47.7. The largest absolute Gasteiger partial charge is 0.490 e. The van der Waals surface area contributed by atoms with Gasteiger partial charge < -0.3 is 38.1 Å². The third-order valence-electron chi connectivity index (χ3n) is 14.8. The second-order valence-corrected chi connectivity index (χ2v) is 26.3. The Hall–Kier alpha value is -3.48. The summed E-state index contributed by atoms with van der Waals surface area (Å²) in [5.74, 6) is 3.61. The van der Waals surface area contributed by atoms with E-state index in [1.54, 1.807) is 9.80 Å². The molecule has 10 nitrogen and oxygen atoms in total. The maximum absolute atomic E-state index is 12.2. The average molecular weight is 1030 g/mol. The minimum atomic E-state index is -0.465. The molecule has 2 amide bonds. The molecule has 3 aliphatic heterocycles. The van der Waals surface area contributed by atoms with Gasteiger partial charge in [-0.25, -0.2) is 9.59 Å². The van der Waals surface area contributed by atoms with E-state index in [1.807, 2.05) is 99.6 Å². The van der Waals surface area contributed by atoms with Crippen LogP contribution in [0.25, 0.3) is 5.57 Å². The highest BCUT2D eigenvalue weighted by molar-refractivity contribution is 9.10. The first-order chi connectivity index (χ1) is 32.4. The molecule has 0 aromatic heterocycles. The van der Waals surface area contributed by atoms with Crippen LogP contribution in [0.3, 0.4) is 0 Å². The fourth-order valence-corrected chi connectivity index (χ4v) is 9.81. The van der Waals surface area contributed by atoms with Gasteiger partial charge in [0.15, 0.2) is 0 Å². The van der Waals surface area contributed by atoms with Crippen molar-refractivity contribution in [2.45, 2.75) is 210 Å². The van der Waals surface area contributed by atoms with E-state index in [-0.39, 0.29) is 30.5 Å². The monoisotopic (exact) mass is 1030 g/mol. The number of hydrogen-bond acceptors (Lipinski definition) is 8. The minimum Gasteiger partial charge on any atom is -0.490 e. The summed E-state index contributed by atoms with van der Waals surface area (Å²) >= 11 is 3.44. The Bertz CT molecular complexity index is 2040. The maximum Gasteiger partial charge on any atom is 0.490 e. The van der Waals surface area contributed by atoms with Crippen molar-refractivity contribution in [3.8, 4) is 11.5 Å². The molecule has 2 aromatic carbocycles. The van der Waals surface area contributed by atoms with Gasteiger partial charge in [0.05, 0.1) is 23.4 Å². The minimum absolute atomic E-state index is 0.234. The zero-order chi connectivity index (χ0) is 51.9. The molecule has 390 valence electrons. The van der Waals surface area contributed by atoms with Gasteiger partial charge in [-0.05, 0) is 209 Å². The van der Waals surface area contributed by atoms with Crippen molar-refractivity contribution >= 4 is 40.8 Å². The molecule has 2 aliphatic carbocycles. The summed E-state index contributed by atoms with van der Waals surface area (Å²) in [6, 6.07) is 16.6. The first kappa shape index (κ1) is 57.4. The molecule has 3 heterocycles. The van der Waals surface area contributed by atoms with Crippen molar-refractivity contribution in [2.24, 2.45) is 22.7 Å². The molecule has 2 aromatic rings. The lowest BCUT2D eigenvalue weighted by Crippen LogP contribution is -2.41. The van der Waals surface area contributed by atoms with Gasteiger partial charge in [0.25, 0.3) is 0 Å². The summed E-state index contributed by atoms with van der Waals surface area (Å²) in [6.07, 6.45) is 15.8. The number of rotatable bonds is 6. The lowest BCUT2D eigenvalue weighted by molar-refractivity contribution is 0.00578. The number of amides is 2. The van der Waals surface area contributed by atoms with Gasteiger partial charge in [-0.2, -0.15) is 0 Å².